The summed E-state index contributed by atoms with van der Waals surface area (Å²) in [4.78, 5) is 11.7. The largest absolute Gasteiger partial charge is 0.383 e. The molecule has 0 radical (unpaired) electrons. The number of hydrogen-bond acceptors (Lipinski definition) is 4. The van der Waals surface area contributed by atoms with Crippen LogP contribution in [0.3, 0.4) is 0 Å². The molecular formula is C13H16N2O3. The number of methoxy groups -OCH3 is 1. The third-order valence-electron chi connectivity index (χ3n) is 2.66. The molecule has 1 amide bonds. The highest BCUT2D eigenvalue weighted by atomic mass is 16.5. The van der Waals surface area contributed by atoms with Gasteiger partial charge in [-0.25, -0.2) is 0 Å². The highest BCUT2D eigenvalue weighted by Gasteiger charge is 2.12. The predicted molar refractivity (Wildman–Crippen MR) is 67.3 cm³/mol. The number of amides is 1. The molecule has 0 unspecified atom stereocenters. The van der Waals surface area contributed by atoms with Crippen molar-refractivity contribution < 1.29 is 14.1 Å². The van der Waals surface area contributed by atoms with Crippen molar-refractivity contribution >= 4 is 16.9 Å². The Morgan fingerprint density at radius 2 is 2.33 bits per heavy atom. The fourth-order valence-electron chi connectivity index (χ4n) is 1.74. The highest BCUT2D eigenvalue weighted by Crippen LogP contribution is 2.20. The Labute approximate surface area is 105 Å². The van der Waals surface area contributed by atoms with E-state index in [2.05, 4.69) is 10.5 Å². The lowest BCUT2D eigenvalue weighted by atomic mass is 10.1. The van der Waals surface area contributed by atoms with Gasteiger partial charge in [0.1, 0.15) is 5.69 Å². The average Bonchev–Trinajstić information content (AvgIpc) is 2.72. The number of ether oxygens (including phenoxy) is 1. The minimum atomic E-state index is -0.0799. The maximum absolute atomic E-state index is 11.7. The van der Waals surface area contributed by atoms with Gasteiger partial charge >= 0.3 is 0 Å². The first kappa shape index (κ1) is 12.6. The topological polar surface area (TPSA) is 64.4 Å². The second-order valence-corrected chi connectivity index (χ2v) is 4.15. The van der Waals surface area contributed by atoms with Gasteiger partial charge in [-0.15, -0.1) is 0 Å². The number of aryl methyl sites for hydroxylation is 1. The Hall–Kier alpha value is -1.88. The summed E-state index contributed by atoms with van der Waals surface area (Å²) in [5, 5.41) is 7.59. The van der Waals surface area contributed by atoms with Crippen LogP contribution in [0, 0.1) is 6.92 Å². The Bertz CT molecular complexity index is 548. The van der Waals surface area contributed by atoms with Crippen LogP contribution in [0.1, 0.15) is 11.3 Å². The van der Waals surface area contributed by atoms with Crippen molar-refractivity contribution in [3.8, 4) is 0 Å². The maximum atomic E-state index is 11.7. The van der Waals surface area contributed by atoms with E-state index in [-0.39, 0.29) is 12.3 Å². The molecule has 0 aliphatic heterocycles. The molecule has 0 saturated carbocycles. The zero-order valence-electron chi connectivity index (χ0n) is 10.5. The lowest BCUT2D eigenvalue weighted by Crippen LogP contribution is -2.28. The first-order chi connectivity index (χ1) is 8.70. The lowest BCUT2D eigenvalue weighted by molar-refractivity contribution is -0.120. The minimum absolute atomic E-state index is 0.0799. The van der Waals surface area contributed by atoms with Crippen molar-refractivity contribution in [2.24, 2.45) is 0 Å². The van der Waals surface area contributed by atoms with Gasteiger partial charge in [-0.3, -0.25) is 4.79 Å². The molecule has 2 aromatic rings. The summed E-state index contributed by atoms with van der Waals surface area (Å²) in [6.07, 6.45) is 0.222. The van der Waals surface area contributed by atoms with E-state index < -0.39 is 0 Å². The maximum Gasteiger partial charge on any atom is 0.226 e. The van der Waals surface area contributed by atoms with Crippen LogP contribution in [0.15, 0.2) is 22.7 Å². The molecule has 1 aromatic heterocycles. The van der Waals surface area contributed by atoms with Crippen molar-refractivity contribution in [3.05, 3.63) is 29.5 Å². The summed E-state index contributed by atoms with van der Waals surface area (Å²) in [5.74, 6) is -0.0799. The average molecular weight is 248 g/mol. The van der Waals surface area contributed by atoms with Gasteiger partial charge in [-0.2, -0.15) is 0 Å². The van der Waals surface area contributed by atoms with E-state index in [1.807, 2.05) is 25.1 Å². The summed E-state index contributed by atoms with van der Waals surface area (Å²) < 4.78 is 10.0. The molecule has 5 nitrogen and oxygen atoms in total. The predicted octanol–water partition coefficient (Wildman–Crippen LogP) is 1.44. The molecular weight excluding hydrogens is 232 g/mol. The first-order valence-electron chi connectivity index (χ1n) is 5.81. The van der Waals surface area contributed by atoms with Crippen molar-refractivity contribution in [2.45, 2.75) is 13.3 Å². The van der Waals surface area contributed by atoms with E-state index in [0.717, 1.165) is 10.9 Å². The van der Waals surface area contributed by atoms with Crippen LogP contribution in [-0.4, -0.2) is 31.3 Å². The zero-order valence-corrected chi connectivity index (χ0v) is 10.5. The molecule has 1 aromatic carbocycles. The van der Waals surface area contributed by atoms with E-state index in [0.29, 0.717) is 24.4 Å². The molecule has 0 bridgehead atoms. The van der Waals surface area contributed by atoms with Crippen molar-refractivity contribution in [1.29, 1.82) is 0 Å². The third kappa shape index (κ3) is 2.87. The number of carbonyl (C=O) groups is 1. The zero-order chi connectivity index (χ0) is 13.0. The fourth-order valence-corrected chi connectivity index (χ4v) is 1.74. The number of rotatable bonds is 5. The second-order valence-electron chi connectivity index (χ2n) is 4.15. The Balaban J connectivity index is 2.07. The molecule has 2 rings (SSSR count). The fraction of sp³-hybridized carbons (Fsp3) is 0.385. The number of fused-ring (bicyclic) bond motifs is 1. The molecule has 0 saturated heterocycles. The van der Waals surface area contributed by atoms with Crippen molar-refractivity contribution in [3.63, 3.8) is 0 Å². The molecule has 0 fully saturated rings. The number of hydrogen-bond donors (Lipinski definition) is 1. The van der Waals surface area contributed by atoms with Gasteiger partial charge in [0.05, 0.1) is 13.0 Å². The number of nitrogens with zero attached hydrogens (tertiary/aromatic N) is 1. The summed E-state index contributed by atoms with van der Waals surface area (Å²) in [6.45, 7) is 3.00. The first-order valence-corrected chi connectivity index (χ1v) is 5.81. The Morgan fingerprint density at radius 3 is 3.11 bits per heavy atom. The van der Waals surface area contributed by atoms with Gasteiger partial charge in [-0.05, 0) is 19.1 Å². The lowest BCUT2D eigenvalue weighted by Gasteiger charge is -2.02. The Morgan fingerprint density at radius 1 is 1.50 bits per heavy atom. The van der Waals surface area contributed by atoms with E-state index >= 15 is 0 Å². The van der Waals surface area contributed by atoms with Crippen LogP contribution in [-0.2, 0) is 16.0 Å². The summed E-state index contributed by atoms with van der Waals surface area (Å²) >= 11 is 0. The highest BCUT2D eigenvalue weighted by molar-refractivity contribution is 5.86. The molecule has 0 atom stereocenters. The molecule has 0 spiro atoms. The van der Waals surface area contributed by atoms with Crippen LogP contribution in [0.4, 0.5) is 0 Å². The quantitative estimate of drug-likeness (QED) is 0.813. The number of nitrogens with one attached hydrogen (secondary N) is 1. The molecule has 1 heterocycles. The van der Waals surface area contributed by atoms with Crippen LogP contribution in [0.25, 0.3) is 11.0 Å². The molecule has 0 aliphatic rings. The van der Waals surface area contributed by atoms with Crippen LogP contribution in [0.5, 0.6) is 0 Å². The van der Waals surface area contributed by atoms with Gasteiger partial charge < -0.3 is 14.6 Å². The standard InChI is InChI=1S/C13H16N2O3/c1-9-3-4-12-10(7-9)11(15-18-12)8-13(16)14-5-6-17-2/h3-4,7H,5-6,8H2,1-2H3,(H,14,16). The normalized spacial score (nSPS) is 10.8. The van der Waals surface area contributed by atoms with E-state index in [9.17, 15) is 4.79 Å². The summed E-state index contributed by atoms with van der Waals surface area (Å²) in [7, 11) is 1.60. The van der Waals surface area contributed by atoms with Gasteiger partial charge in [0.15, 0.2) is 5.58 Å². The SMILES string of the molecule is COCCNC(=O)Cc1noc2ccc(C)cc12. The van der Waals surface area contributed by atoms with Crippen molar-refractivity contribution in [1.82, 2.24) is 10.5 Å². The molecule has 5 heteroatoms. The molecule has 96 valence electrons. The minimum Gasteiger partial charge on any atom is -0.383 e. The van der Waals surface area contributed by atoms with E-state index in [1.54, 1.807) is 7.11 Å². The Kier molecular flexibility index (Phi) is 3.94. The number of benzene rings is 1. The number of carbonyl (C=O) groups excluding carboxylic acids is 1. The molecule has 1 N–H and O–H groups in total. The summed E-state index contributed by atoms with van der Waals surface area (Å²) in [5.41, 5.74) is 2.50. The second kappa shape index (κ2) is 5.64. The van der Waals surface area contributed by atoms with Crippen molar-refractivity contribution in [2.75, 3.05) is 20.3 Å². The van der Waals surface area contributed by atoms with Crippen LogP contribution in [0.2, 0.25) is 0 Å². The molecule has 0 aliphatic carbocycles. The monoisotopic (exact) mass is 248 g/mol. The third-order valence-corrected chi connectivity index (χ3v) is 2.66. The molecule has 18 heavy (non-hydrogen) atoms. The van der Waals surface area contributed by atoms with Gasteiger partial charge in [0.25, 0.3) is 0 Å². The van der Waals surface area contributed by atoms with E-state index in [4.69, 9.17) is 9.26 Å². The van der Waals surface area contributed by atoms with Gasteiger partial charge in [0.2, 0.25) is 5.91 Å². The number of aromatic nitrogens is 1. The van der Waals surface area contributed by atoms with Crippen LogP contribution >= 0.6 is 0 Å². The smallest absolute Gasteiger partial charge is 0.226 e. The van der Waals surface area contributed by atoms with E-state index in [1.165, 1.54) is 0 Å². The van der Waals surface area contributed by atoms with Gasteiger partial charge in [-0.1, -0.05) is 16.8 Å². The van der Waals surface area contributed by atoms with Crippen LogP contribution < -0.4 is 5.32 Å². The summed E-state index contributed by atoms with van der Waals surface area (Å²) in [6, 6.07) is 5.80. The van der Waals surface area contributed by atoms with Gasteiger partial charge in [0, 0.05) is 19.0 Å².